The molecule has 1 N–H and O–H groups in total. The third kappa shape index (κ3) is 4.01. The smallest absolute Gasteiger partial charge is 0.338 e. The highest BCUT2D eigenvalue weighted by atomic mass is 32.2. The Morgan fingerprint density at radius 1 is 1.11 bits per heavy atom. The molecule has 8 heteroatoms. The van der Waals surface area contributed by atoms with Gasteiger partial charge in [-0.3, -0.25) is 4.79 Å². The summed E-state index contributed by atoms with van der Waals surface area (Å²) in [6.07, 6.45) is -0.456. The number of hydrogen-bond donors (Lipinski definition) is 1. The Hall–Kier alpha value is -2.87. The van der Waals surface area contributed by atoms with Crippen LogP contribution in [-0.4, -0.2) is 44.0 Å². The standard InChI is InChI=1S/C20H19NO6S/c22-19(18-11-13-4-1-2-7-17(13)27-18)21-15-6-3-5-14(10-15)20(23)26-16-8-9-28(24,25)12-16/h1-7,10,16,18H,8-9,11-12H2,(H,21,22)/t16-,18-/m1/s1. The average molecular weight is 401 g/mol. The van der Waals surface area contributed by atoms with E-state index >= 15 is 0 Å². The number of sulfone groups is 1. The minimum atomic E-state index is -3.13. The molecule has 1 fully saturated rings. The zero-order chi connectivity index (χ0) is 19.7. The van der Waals surface area contributed by atoms with Crippen LogP contribution >= 0.6 is 0 Å². The molecular weight excluding hydrogens is 382 g/mol. The van der Waals surface area contributed by atoms with Crippen molar-refractivity contribution in [3.05, 3.63) is 59.7 Å². The molecule has 0 bridgehead atoms. The van der Waals surface area contributed by atoms with Crippen molar-refractivity contribution in [3.63, 3.8) is 0 Å². The van der Waals surface area contributed by atoms with Crippen LogP contribution in [0.2, 0.25) is 0 Å². The van der Waals surface area contributed by atoms with E-state index in [1.807, 2.05) is 24.3 Å². The molecule has 7 nitrogen and oxygen atoms in total. The fraction of sp³-hybridized carbons (Fsp3) is 0.300. The zero-order valence-electron chi connectivity index (χ0n) is 15.0. The van der Waals surface area contributed by atoms with E-state index in [0.717, 1.165) is 5.56 Å². The number of rotatable bonds is 4. The van der Waals surface area contributed by atoms with Gasteiger partial charge in [0, 0.05) is 12.1 Å². The Bertz CT molecular complexity index is 1010. The summed E-state index contributed by atoms with van der Waals surface area (Å²) < 4.78 is 33.9. The predicted molar refractivity (Wildman–Crippen MR) is 102 cm³/mol. The summed E-state index contributed by atoms with van der Waals surface area (Å²) in [7, 11) is -3.13. The Labute approximate surface area is 162 Å². The largest absolute Gasteiger partial charge is 0.480 e. The van der Waals surface area contributed by atoms with Crippen molar-refractivity contribution in [3.8, 4) is 5.75 Å². The molecule has 28 heavy (non-hydrogen) atoms. The fourth-order valence-corrected chi connectivity index (χ4v) is 4.94. The summed E-state index contributed by atoms with van der Waals surface area (Å²) in [5.74, 6) is -0.322. The number of para-hydroxylation sites is 1. The van der Waals surface area contributed by atoms with E-state index in [0.29, 0.717) is 24.3 Å². The Morgan fingerprint density at radius 2 is 1.93 bits per heavy atom. The molecule has 2 aliphatic rings. The van der Waals surface area contributed by atoms with Crippen LogP contribution in [0.3, 0.4) is 0 Å². The second-order valence-corrected chi connectivity index (χ2v) is 9.15. The highest BCUT2D eigenvalue weighted by molar-refractivity contribution is 7.91. The van der Waals surface area contributed by atoms with Gasteiger partial charge in [-0.1, -0.05) is 24.3 Å². The van der Waals surface area contributed by atoms with E-state index in [1.54, 1.807) is 18.2 Å². The summed E-state index contributed by atoms with van der Waals surface area (Å²) in [6.45, 7) is 0. The van der Waals surface area contributed by atoms with Crippen LogP contribution in [0.15, 0.2) is 48.5 Å². The van der Waals surface area contributed by atoms with Gasteiger partial charge < -0.3 is 14.8 Å². The third-order valence-corrected chi connectivity index (χ3v) is 6.51. The maximum Gasteiger partial charge on any atom is 0.338 e. The second kappa shape index (κ2) is 7.27. The lowest BCUT2D eigenvalue weighted by Gasteiger charge is -2.13. The quantitative estimate of drug-likeness (QED) is 0.787. The van der Waals surface area contributed by atoms with Gasteiger partial charge in [-0.15, -0.1) is 0 Å². The van der Waals surface area contributed by atoms with Crippen LogP contribution in [0, 0.1) is 0 Å². The SMILES string of the molecule is O=C(O[C@@H]1CCS(=O)(=O)C1)c1cccc(NC(=O)[C@H]2Cc3ccccc3O2)c1. The minimum Gasteiger partial charge on any atom is -0.480 e. The van der Waals surface area contributed by atoms with Gasteiger partial charge in [0.25, 0.3) is 5.91 Å². The summed E-state index contributed by atoms with van der Waals surface area (Å²) in [5, 5.41) is 2.75. The first kappa shape index (κ1) is 18.5. The lowest BCUT2D eigenvalue weighted by atomic mass is 10.1. The normalized spacial score (nSPS) is 22.1. The van der Waals surface area contributed by atoms with Crippen molar-refractivity contribution in [2.75, 3.05) is 16.8 Å². The number of amides is 1. The van der Waals surface area contributed by atoms with E-state index in [-0.39, 0.29) is 23.0 Å². The van der Waals surface area contributed by atoms with Crippen LogP contribution in [0.5, 0.6) is 5.75 Å². The first-order valence-corrected chi connectivity index (χ1v) is 10.8. The molecule has 1 amide bonds. The van der Waals surface area contributed by atoms with Crippen LogP contribution < -0.4 is 10.1 Å². The van der Waals surface area contributed by atoms with Gasteiger partial charge in [0.1, 0.15) is 11.9 Å². The molecule has 2 atom stereocenters. The zero-order valence-corrected chi connectivity index (χ0v) is 15.8. The minimum absolute atomic E-state index is 0.0326. The second-order valence-electron chi connectivity index (χ2n) is 6.92. The first-order valence-electron chi connectivity index (χ1n) is 8.96. The highest BCUT2D eigenvalue weighted by Crippen LogP contribution is 2.28. The van der Waals surface area contributed by atoms with Gasteiger partial charge in [-0.25, -0.2) is 13.2 Å². The molecular formula is C20H19NO6S. The molecule has 0 saturated carbocycles. The molecule has 0 aromatic heterocycles. The maximum absolute atomic E-state index is 12.5. The molecule has 4 rings (SSSR count). The third-order valence-electron chi connectivity index (χ3n) is 4.77. The van der Waals surface area contributed by atoms with E-state index in [1.165, 1.54) is 6.07 Å². The number of carbonyl (C=O) groups is 2. The summed E-state index contributed by atoms with van der Waals surface area (Å²) in [6, 6.07) is 13.8. The van der Waals surface area contributed by atoms with E-state index in [9.17, 15) is 18.0 Å². The number of fused-ring (bicyclic) bond motifs is 1. The van der Waals surface area contributed by atoms with Crippen molar-refractivity contribution < 1.29 is 27.5 Å². The van der Waals surface area contributed by atoms with Crippen LogP contribution in [-0.2, 0) is 25.8 Å². The van der Waals surface area contributed by atoms with Gasteiger partial charge in [-0.2, -0.15) is 0 Å². The Kier molecular flexibility index (Phi) is 4.80. The molecule has 2 aromatic rings. The van der Waals surface area contributed by atoms with E-state index in [4.69, 9.17) is 9.47 Å². The Balaban J connectivity index is 1.39. The number of ether oxygens (including phenoxy) is 2. The number of esters is 1. The molecule has 146 valence electrons. The number of carbonyl (C=O) groups excluding carboxylic acids is 2. The van der Waals surface area contributed by atoms with Crippen molar-refractivity contribution in [1.29, 1.82) is 0 Å². The molecule has 1 saturated heterocycles. The molecule has 2 heterocycles. The lowest BCUT2D eigenvalue weighted by molar-refractivity contribution is -0.122. The summed E-state index contributed by atoms with van der Waals surface area (Å²) in [4.78, 5) is 24.8. The molecule has 2 aliphatic heterocycles. The predicted octanol–water partition coefficient (Wildman–Crippen LogP) is 1.97. The molecule has 0 radical (unpaired) electrons. The van der Waals surface area contributed by atoms with Crippen LogP contribution in [0.1, 0.15) is 22.3 Å². The fourth-order valence-electron chi connectivity index (χ4n) is 3.35. The first-order chi connectivity index (χ1) is 13.4. The van der Waals surface area contributed by atoms with E-state index < -0.39 is 28.0 Å². The Morgan fingerprint density at radius 3 is 2.68 bits per heavy atom. The van der Waals surface area contributed by atoms with Gasteiger partial charge in [0.15, 0.2) is 15.9 Å². The van der Waals surface area contributed by atoms with Crippen molar-refractivity contribution in [2.45, 2.75) is 25.0 Å². The van der Waals surface area contributed by atoms with Crippen molar-refractivity contribution in [1.82, 2.24) is 0 Å². The van der Waals surface area contributed by atoms with Gasteiger partial charge in [0.2, 0.25) is 0 Å². The van der Waals surface area contributed by atoms with Crippen LogP contribution in [0.25, 0.3) is 0 Å². The number of nitrogens with one attached hydrogen (secondary N) is 1. The van der Waals surface area contributed by atoms with Gasteiger partial charge in [0.05, 0.1) is 17.1 Å². The number of anilines is 1. The van der Waals surface area contributed by atoms with Crippen LogP contribution in [0.4, 0.5) is 5.69 Å². The lowest BCUT2D eigenvalue weighted by Crippen LogP contribution is -2.31. The maximum atomic E-state index is 12.5. The highest BCUT2D eigenvalue weighted by Gasteiger charge is 2.31. The van der Waals surface area contributed by atoms with Crippen molar-refractivity contribution >= 4 is 27.4 Å². The number of benzene rings is 2. The van der Waals surface area contributed by atoms with Gasteiger partial charge >= 0.3 is 5.97 Å². The molecule has 0 spiro atoms. The summed E-state index contributed by atoms with van der Waals surface area (Å²) >= 11 is 0. The van der Waals surface area contributed by atoms with Gasteiger partial charge in [-0.05, 0) is 36.2 Å². The molecule has 0 aliphatic carbocycles. The monoisotopic (exact) mass is 401 g/mol. The van der Waals surface area contributed by atoms with Crippen molar-refractivity contribution in [2.24, 2.45) is 0 Å². The number of hydrogen-bond acceptors (Lipinski definition) is 6. The average Bonchev–Trinajstić information content (AvgIpc) is 3.24. The summed E-state index contributed by atoms with van der Waals surface area (Å²) in [5.41, 5.74) is 1.67. The molecule has 0 unspecified atom stereocenters. The van der Waals surface area contributed by atoms with E-state index in [2.05, 4.69) is 5.32 Å². The topological polar surface area (TPSA) is 98.8 Å². The molecule has 2 aromatic carbocycles.